The first kappa shape index (κ1) is 12.2. The molecule has 0 spiro atoms. The van der Waals surface area contributed by atoms with Crippen LogP contribution in [0.1, 0.15) is 37.7 Å². The summed E-state index contributed by atoms with van der Waals surface area (Å²) in [4.78, 5) is 11.7. The van der Waals surface area contributed by atoms with E-state index >= 15 is 0 Å². The molecule has 2 rings (SSSR count). The van der Waals surface area contributed by atoms with Crippen molar-refractivity contribution in [1.29, 1.82) is 0 Å². The van der Waals surface area contributed by atoms with Crippen molar-refractivity contribution in [3.05, 3.63) is 35.4 Å². The van der Waals surface area contributed by atoms with Crippen molar-refractivity contribution in [3.63, 3.8) is 0 Å². The van der Waals surface area contributed by atoms with Crippen LogP contribution in [0, 0.1) is 17.6 Å². The average Bonchev–Trinajstić information content (AvgIpc) is 2.75. The van der Waals surface area contributed by atoms with Crippen LogP contribution in [0.2, 0.25) is 0 Å². The number of hydrogen-bond acceptors (Lipinski definition) is 1. The highest BCUT2D eigenvalue weighted by atomic mass is 19.1. The summed E-state index contributed by atoms with van der Waals surface area (Å²) in [6, 6.07) is 3.39. The lowest BCUT2D eigenvalue weighted by Crippen LogP contribution is -2.09. The van der Waals surface area contributed by atoms with Crippen molar-refractivity contribution < 1.29 is 13.6 Å². The monoisotopic (exact) mass is 238 g/mol. The van der Waals surface area contributed by atoms with E-state index in [1.54, 1.807) is 0 Å². The fourth-order valence-corrected chi connectivity index (χ4v) is 2.49. The molecule has 0 bridgehead atoms. The quantitative estimate of drug-likeness (QED) is 0.782. The molecular formula is C14H16F2O. The van der Waals surface area contributed by atoms with E-state index in [0.717, 1.165) is 18.9 Å². The molecule has 0 aromatic heterocycles. The first-order valence-corrected chi connectivity index (χ1v) is 6.11. The summed E-state index contributed by atoms with van der Waals surface area (Å²) in [5.41, 5.74) is 0.300. The molecule has 1 fully saturated rings. The third kappa shape index (κ3) is 3.35. The number of halogens is 2. The van der Waals surface area contributed by atoms with Crippen molar-refractivity contribution in [2.24, 2.45) is 5.92 Å². The van der Waals surface area contributed by atoms with E-state index in [9.17, 15) is 13.6 Å². The van der Waals surface area contributed by atoms with Gasteiger partial charge < -0.3 is 0 Å². The summed E-state index contributed by atoms with van der Waals surface area (Å²) in [6.45, 7) is 0. The van der Waals surface area contributed by atoms with Crippen LogP contribution in [0.3, 0.4) is 0 Å². The number of rotatable bonds is 4. The van der Waals surface area contributed by atoms with Crippen LogP contribution in [0.5, 0.6) is 0 Å². The van der Waals surface area contributed by atoms with E-state index in [1.807, 2.05) is 0 Å². The van der Waals surface area contributed by atoms with Crippen LogP contribution in [-0.4, -0.2) is 5.78 Å². The van der Waals surface area contributed by atoms with Crippen LogP contribution >= 0.6 is 0 Å². The van der Waals surface area contributed by atoms with Crippen LogP contribution in [0.15, 0.2) is 18.2 Å². The molecular weight excluding hydrogens is 222 g/mol. The Bertz CT molecular complexity index is 409. The maximum atomic E-state index is 13.3. The molecule has 0 heterocycles. The lowest BCUT2D eigenvalue weighted by Gasteiger charge is -2.08. The molecule has 1 saturated carbocycles. The number of ketones is 1. The zero-order valence-corrected chi connectivity index (χ0v) is 9.72. The third-order valence-electron chi connectivity index (χ3n) is 3.39. The van der Waals surface area contributed by atoms with Crippen molar-refractivity contribution >= 4 is 5.78 Å². The molecule has 1 aliphatic carbocycles. The molecule has 1 aromatic carbocycles. The molecule has 0 aliphatic heterocycles. The first-order valence-electron chi connectivity index (χ1n) is 6.11. The van der Waals surface area contributed by atoms with E-state index in [4.69, 9.17) is 0 Å². The van der Waals surface area contributed by atoms with Gasteiger partial charge in [-0.2, -0.15) is 0 Å². The Kier molecular flexibility index (Phi) is 3.87. The van der Waals surface area contributed by atoms with Crippen molar-refractivity contribution in [2.45, 2.75) is 38.5 Å². The molecule has 0 radical (unpaired) electrons. The number of hydrogen-bond donors (Lipinski definition) is 0. The molecule has 0 amide bonds. The summed E-state index contributed by atoms with van der Waals surface area (Å²) >= 11 is 0. The summed E-state index contributed by atoms with van der Waals surface area (Å²) in [5, 5.41) is 0. The molecule has 1 nitrogen and oxygen atoms in total. The third-order valence-corrected chi connectivity index (χ3v) is 3.39. The van der Waals surface area contributed by atoms with Crippen molar-refractivity contribution in [2.75, 3.05) is 0 Å². The number of carbonyl (C=O) groups excluding carboxylic acids is 1. The Morgan fingerprint density at radius 2 is 1.94 bits per heavy atom. The molecule has 92 valence electrons. The minimum atomic E-state index is -0.621. The summed E-state index contributed by atoms with van der Waals surface area (Å²) < 4.78 is 26.0. The highest BCUT2D eigenvalue weighted by molar-refractivity contribution is 5.81. The van der Waals surface area contributed by atoms with E-state index in [-0.39, 0.29) is 12.2 Å². The smallest absolute Gasteiger partial charge is 0.137 e. The second kappa shape index (κ2) is 5.39. The van der Waals surface area contributed by atoms with Gasteiger partial charge in [0.2, 0.25) is 0 Å². The van der Waals surface area contributed by atoms with Gasteiger partial charge in [-0.1, -0.05) is 31.7 Å². The minimum absolute atomic E-state index is 0.0578. The van der Waals surface area contributed by atoms with Gasteiger partial charge in [-0.15, -0.1) is 0 Å². The Balaban J connectivity index is 1.93. The topological polar surface area (TPSA) is 17.1 Å². The second-order valence-electron chi connectivity index (χ2n) is 4.81. The molecule has 17 heavy (non-hydrogen) atoms. The highest BCUT2D eigenvalue weighted by Crippen LogP contribution is 2.28. The fraction of sp³-hybridized carbons (Fsp3) is 0.500. The molecule has 1 aliphatic rings. The average molecular weight is 238 g/mol. The standard InChI is InChI=1S/C14H16F2O/c15-12-6-5-11(14(16)9-12)8-13(17)7-10-3-1-2-4-10/h5-6,9-10H,1-4,7-8H2. The van der Waals surface area contributed by atoms with E-state index in [2.05, 4.69) is 0 Å². The second-order valence-corrected chi connectivity index (χ2v) is 4.81. The van der Waals surface area contributed by atoms with Gasteiger partial charge in [0.05, 0.1) is 0 Å². The molecule has 1 aromatic rings. The number of carbonyl (C=O) groups is 1. The van der Waals surface area contributed by atoms with Crippen LogP contribution in [0.25, 0.3) is 0 Å². The zero-order chi connectivity index (χ0) is 12.3. The van der Waals surface area contributed by atoms with Gasteiger partial charge in [-0.3, -0.25) is 4.79 Å². The minimum Gasteiger partial charge on any atom is -0.299 e. The van der Waals surface area contributed by atoms with Gasteiger partial charge >= 0.3 is 0 Å². The zero-order valence-electron chi connectivity index (χ0n) is 9.72. The lowest BCUT2D eigenvalue weighted by atomic mass is 9.97. The Morgan fingerprint density at radius 1 is 1.24 bits per heavy atom. The van der Waals surface area contributed by atoms with Gasteiger partial charge in [-0.25, -0.2) is 8.78 Å². The van der Waals surface area contributed by atoms with Crippen LogP contribution in [-0.2, 0) is 11.2 Å². The normalized spacial score (nSPS) is 16.4. The highest BCUT2D eigenvalue weighted by Gasteiger charge is 2.19. The molecule has 0 saturated heterocycles. The Morgan fingerprint density at radius 3 is 2.59 bits per heavy atom. The van der Waals surface area contributed by atoms with Gasteiger partial charge in [0.15, 0.2) is 0 Å². The van der Waals surface area contributed by atoms with E-state index < -0.39 is 11.6 Å². The van der Waals surface area contributed by atoms with Gasteiger partial charge in [0.25, 0.3) is 0 Å². The Hall–Kier alpha value is -1.25. The van der Waals surface area contributed by atoms with E-state index in [1.165, 1.54) is 25.0 Å². The maximum Gasteiger partial charge on any atom is 0.137 e. The predicted molar refractivity (Wildman–Crippen MR) is 61.6 cm³/mol. The van der Waals surface area contributed by atoms with Gasteiger partial charge in [-0.05, 0) is 17.5 Å². The van der Waals surface area contributed by atoms with Gasteiger partial charge in [0, 0.05) is 18.9 Å². The summed E-state index contributed by atoms with van der Waals surface area (Å²) in [5.74, 6) is -0.687. The summed E-state index contributed by atoms with van der Waals surface area (Å²) in [6.07, 6.45) is 5.24. The number of Topliss-reactive ketones (excluding diaryl/α,β-unsaturated/α-hetero) is 1. The van der Waals surface area contributed by atoms with E-state index in [0.29, 0.717) is 17.9 Å². The maximum absolute atomic E-state index is 13.3. The molecule has 3 heteroatoms. The molecule has 0 unspecified atom stereocenters. The van der Waals surface area contributed by atoms with Crippen LogP contribution < -0.4 is 0 Å². The first-order chi connectivity index (χ1) is 8.15. The SMILES string of the molecule is O=C(Cc1ccc(F)cc1F)CC1CCCC1. The Labute approximate surface area is 99.8 Å². The van der Waals surface area contributed by atoms with Gasteiger partial charge in [0.1, 0.15) is 17.4 Å². The van der Waals surface area contributed by atoms with Crippen molar-refractivity contribution in [1.82, 2.24) is 0 Å². The van der Waals surface area contributed by atoms with Crippen LogP contribution in [0.4, 0.5) is 8.78 Å². The van der Waals surface area contributed by atoms with Crippen molar-refractivity contribution in [3.8, 4) is 0 Å². The molecule has 0 N–H and O–H groups in total. The summed E-state index contributed by atoms with van der Waals surface area (Å²) in [7, 11) is 0. The largest absolute Gasteiger partial charge is 0.299 e. The predicted octanol–water partition coefficient (Wildman–Crippen LogP) is 3.66. The molecule has 0 atom stereocenters. The fourth-order valence-electron chi connectivity index (χ4n) is 2.49. The number of benzene rings is 1. The lowest BCUT2D eigenvalue weighted by molar-refractivity contribution is -0.119.